The highest BCUT2D eigenvalue weighted by Crippen LogP contribution is 2.08. The Morgan fingerprint density at radius 2 is 1.82 bits per heavy atom. The van der Waals surface area contributed by atoms with Gasteiger partial charge in [-0.25, -0.2) is 0 Å². The van der Waals surface area contributed by atoms with Crippen LogP contribution in [-0.2, 0) is 11.3 Å². The molecule has 0 spiro atoms. The molecule has 0 saturated heterocycles. The van der Waals surface area contributed by atoms with Gasteiger partial charge in [0.25, 0.3) is 0 Å². The lowest BCUT2D eigenvalue weighted by atomic mass is 10.2. The van der Waals surface area contributed by atoms with Crippen LogP contribution in [0.15, 0.2) is 24.3 Å². The molecule has 0 aliphatic rings. The molecule has 1 amide bonds. The Bertz CT molecular complexity index is 347. The van der Waals surface area contributed by atoms with Crippen molar-refractivity contribution in [2.24, 2.45) is 0 Å². The van der Waals surface area contributed by atoms with Gasteiger partial charge in [0.15, 0.2) is 0 Å². The molecule has 0 aromatic heterocycles. The van der Waals surface area contributed by atoms with Gasteiger partial charge < -0.3 is 10.2 Å². The molecule has 94 valence electrons. The first-order chi connectivity index (χ1) is 8.17. The van der Waals surface area contributed by atoms with Gasteiger partial charge >= 0.3 is 0 Å². The third-order valence-corrected chi connectivity index (χ3v) is 2.89. The Morgan fingerprint density at radius 3 is 2.35 bits per heavy atom. The van der Waals surface area contributed by atoms with Gasteiger partial charge in [0.05, 0.1) is 6.54 Å². The zero-order valence-electron chi connectivity index (χ0n) is 10.4. The SMILES string of the molecule is CCN(CC)C(=O)CNCc1ccc(Cl)cc1. The molecular formula is C13H19ClN2O. The van der Waals surface area contributed by atoms with Gasteiger partial charge in [-0.05, 0) is 31.5 Å². The van der Waals surface area contributed by atoms with Crippen LogP contribution in [0.3, 0.4) is 0 Å². The fourth-order valence-electron chi connectivity index (χ4n) is 1.60. The molecule has 1 rings (SSSR count). The lowest BCUT2D eigenvalue weighted by molar-refractivity contribution is -0.129. The number of halogens is 1. The third-order valence-electron chi connectivity index (χ3n) is 2.63. The molecule has 1 aromatic carbocycles. The van der Waals surface area contributed by atoms with Crippen molar-refractivity contribution >= 4 is 17.5 Å². The first kappa shape index (κ1) is 14.0. The summed E-state index contributed by atoms with van der Waals surface area (Å²) in [5.41, 5.74) is 1.13. The van der Waals surface area contributed by atoms with E-state index in [9.17, 15) is 4.79 Å². The lowest BCUT2D eigenvalue weighted by Gasteiger charge is -2.18. The first-order valence-electron chi connectivity index (χ1n) is 5.90. The first-order valence-corrected chi connectivity index (χ1v) is 6.28. The second kappa shape index (κ2) is 7.30. The summed E-state index contributed by atoms with van der Waals surface area (Å²) in [6.07, 6.45) is 0. The predicted octanol–water partition coefficient (Wildman–Crippen LogP) is 2.30. The molecule has 0 aliphatic heterocycles. The van der Waals surface area contributed by atoms with E-state index in [1.165, 1.54) is 0 Å². The maximum absolute atomic E-state index is 11.7. The number of hydrogen-bond acceptors (Lipinski definition) is 2. The molecule has 0 heterocycles. The minimum absolute atomic E-state index is 0.143. The highest BCUT2D eigenvalue weighted by atomic mass is 35.5. The molecule has 1 N–H and O–H groups in total. The van der Waals surface area contributed by atoms with Gasteiger partial charge in [-0.2, -0.15) is 0 Å². The second-order valence-electron chi connectivity index (χ2n) is 3.80. The van der Waals surface area contributed by atoms with Crippen LogP contribution in [-0.4, -0.2) is 30.4 Å². The van der Waals surface area contributed by atoms with Crippen molar-refractivity contribution in [3.63, 3.8) is 0 Å². The number of rotatable bonds is 6. The van der Waals surface area contributed by atoms with Crippen LogP contribution in [0.2, 0.25) is 5.02 Å². The molecule has 0 fully saturated rings. The minimum Gasteiger partial charge on any atom is -0.342 e. The summed E-state index contributed by atoms with van der Waals surface area (Å²) in [5, 5.41) is 3.87. The van der Waals surface area contributed by atoms with E-state index in [0.717, 1.165) is 23.7 Å². The average molecular weight is 255 g/mol. The van der Waals surface area contributed by atoms with Crippen LogP contribution in [0.25, 0.3) is 0 Å². The van der Waals surface area contributed by atoms with E-state index >= 15 is 0 Å². The summed E-state index contributed by atoms with van der Waals surface area (Å²) in [5.74, 6) is 0.143. The second-order valence-corrected chi connectivity index (χ2v) is 4.23. The Balaban J connectivity index is 2.32. The Hall–Kier alpha value is -1.06. The third kappa shape index (κ3) is 4.75. The van der Waals surface area contributed by atoms with E-state index in [-0.39, 0.29) is 5.91 Å². The predicted molar refractivity (Wildman–Crippen MR) is 71.1 cm³/mol. The average Bonchev–Trinajstić information content (AvgIpc) is 2.33. The maximum atomic E-state index is 11.7. The molecule has 0 saturated carbocycles. The zero-order chi connectivity index (χ0) is 12.7. The van der Waals surface area contributed by atoms with E-state index in [0.29, 0.717) is 13.1 Å². The van der Waals surface area contributed by atoms with E-state index in [2.05, 4.69) is 5.32 Å². The van der Waals surface area contributed by atoms with Gasteiger partial charge in [-0.3, -0.25) is 4.79 Å². The summed E-state index contributed by atoms with van der Waals surface area (Å²) in [6.45, 7) is 6.56. The van der Waals surface area contributed by atoms with Crippen molar-refractivity contribution in [3.05, 3.63) is 34.9 Å². The molecule has 0 bridgehead atoms. The van der Waals surface area contributed by atoms with Crippen LogP contribution in [0.1, 0.15) is 19.4 Å². The smallest absolute Gasteiger partial charge is 0.236 e. The molecule has 0 aliphatic carbocycles. The van der Waals surface area contributed by atoms with Crippen molar-refractivity contribution in [1.82, 2.24) is 10.2 Å². The molecule has 0 radical (unpaired) electrons. The number of nitrogens with one attached hydrogen (secondary N) is 1. The molecule has 0 unspecified atom stereocenters. The summed E-state index contributed by atoms with van der Waals surface area (Å²) >= 11 is 5.79. The molecular weight excluding hydrogens is 236 g/mol. The maximum Gasteiger partial charge on any atom is 0.236 e. The minimum atomic E-state index is 0.143. The summed E-state index contributed by atoms with van der Waals surface area (Å²) in [7, 11) is 0. The largest absolute Gasteiger partial charge is 0.342 e. The topological polar surface area (TPSA) is 32.3 Å². The quantitative estimate of drug-likeness (QED) is 0.845. The van der Waals surface area contributed by atoms with Crippen molar-refractivity contribution in [1.29, 1.82) is 0 Å². The van der Waals surface area contributed by atoms with E-state index in [1.54, 1.807) is 0 Å². The van der Waals surface area contributed by atoms with E-state index in [1.807, 2.05) is 43.0 Å². The number of amides is 1. The number of benzene rings is 1. The summed E-state index contributed by atoms with van der Waals surface area (Å²) < 4.78 is 0. The molecule has 17 heavy (non-hydrogen) atoms. The fraction of sp³-hybridized carbons (Fsp3) is 0.462. The number of hydrogen-bond donors (Lipinski definition) is 1. The van der Waals surface area contributed by atoms with E-state index in [4.69, 9.17) is 11.6 Å². The molecule has 1 aromatic rings. The zero-order valence-corrected chi connectivity index (χ0v) is 11.1. The van der Waals surface area contributed by atoms with Crippen molar-refractivity contribution in [3.8, 4) is 0 Å². The summed E-state index contributed by atoms with van der Waals surface area (Å²) in [4.78, 5) is 13.5. The lowest BCUT2D eigenvalue weighted by Crippen LogP contribution is -2.37. The van der Waals surface area contributed by atoms with Crippen LogP contribution in [0.4, 0.5) is 0 Å². The number of nitrogens with zero attached hydrogens (tertiary/aromatic N) is 1. The van der Waals surface area contributed by atoms with Crippen LogP contribution >= 0.6 is 11.6 Å². The Kier molecular flexibility index (Phi) is 6.01. The number of carbonyl (C=O) groups is 1. The highest BCUT2D eigenvalue weighted by Gasteiger charge is 2.07. The van der Waals surface area contributed by atoms with Gasteiger partial charge in [0.2, 0.25) is 5.91 Å². The van der Waals surface area contributed by atoms with Gasteiger partial charge in [0, 0.05) is 24.7 Å². The molecule has 4 heteroatoms. The van der Waals surface area contributed by atoms with Crippen LogP contribution in [0.5, 0.6) is 0 Å². The molecule has 3 nitrogen and oxygen atoms in total. The number of carbonyl (C=O) groups excluding carboxylic acids is 1. The van der Waals surface area contributed by atoms with Crippen LogP contribution < -0.4 is 5.32 Å². The number of likely N-dealkylation sites (N-methyl/N-ethyl adjacent to an activating group) is 1. The van der Waals surface area contributed by atoms with E-state index < -0.39 is 0 Å². The van der Waals surface area contributed by atoms with Crippen molar-refractivity contribution in [2.45, 2.75) is 20.4 Å². The highest BCUT2D eigenvalue weighted by molar-refractivity contribution is 6.30. The van der Waals surface area contributed by atoms with Gasteiger partial charge in [-0.1, -0.05) is 23.7 Å². The Morgan fingerprint density at radius 1 is 1.24 bits per heavy atom. The normalized spacial score (nSPS) is 10.3. The van der Waals surface area contributed by atoms with Crippen LogP contribution in [0, 0.1) is 0 Å². The van der Waals surface area contributed by atoms with Crippen molar-refractivity contribution in [2.75, 3.05) is 19.6 Å². The fourth-order valence-corrected chi connectivity index (χ4v) is 1.73. The molecule has 0 atom stereocenters. The van der Waals surface area contributed by atoms with Crippen molar-refractivity contribution < 1.29 is 4.79 Å². The van der Waals surface area contributed by atoms with Gasteiger partial charge in [0.1, 0.15) is 0 Å². The monoisotopic (exact) mass is 254 g/mol. The summed E-state index contributed by atoms with van der Waals surface area (Å²) in [6, 6.07) is 7.62. The standard InChI is InChI=1S/C13H19ClN2O/c1-3-16(4-2)13(17)10-15-9-11-5-7-12(14)8-6-11/h5-8,15H,3-4,9-10H2,1-2H3. The van der Waals surface area contributed by atoms with Gasteiger partial charge in [-0.15, -0.1) is 0 Å². The Labute approximate surface area is 108 Å².